The molecule has 0 unspecified atom stereocenters. The van der Waals surface area contributed by atoms with Crippen LogP contribution in [0.25, 0.3) is 0 Å². The van der Waals surface area contributed by atoms with Crippen molar-refractivity contribution < 1.29 is 27.5 Å². The number of carbonyl (C=O) groups is 2. The zero-order valence-corrected chi connectivity index (χ0v) is 14.0. The van der Waals surface area contributed by atoms with E-state index in [0.29, 0.717) is 17.9 Å². The van der Waals surface area contributed by atoms with Gasteiger partial charge in [0.1, 0.15) is 0 Å². The zero-order chi connectivity index (χ0) is 18.7. The maximum atomic E-state index is 12.5. The third-order valence-electron chi connectivity index (χ3n) is 3.46. The zero-order valence-electron chi connectivity index (χ0n) is 13.2. The number of carbonyl (C=O) groups excluding carboxylic acids is 2. The SMILES string of the molecule is O=C1CCSc2ccc(C(=O)Nc3ccccc3OC(F)(F)F)cc2N1. The van der Waals surface area contributed by atoms with Crippen LogP contribution in [0.5, 0.6) is 5.75 Å². The number of thioether (sulfide) groups is 1. The number of fused-ring (bicyclic) bond motifs is 1. The highest BCUT2D eigenvalue weighted by molar-refractivity contribution is 7.99. The number of amides is 2. The van der Waals surface area contributed by atoms with Crippen molar-refractivity contribution in [2.45, 2.75) is 17.7 Å². The van der Waals surface area contributed by atoms with Gasteiger partial charge in [-0.1, -0.05) is 12.1 Å². The molecule has 2 aromatic rings. The average molecular weight is 382 g/mol. The summed E-state index contributed by atoms with van der Waals surface area (Å²) < 4.78 is 41.3. The molecule has 0 spiro atoms. The number of alkyl halides is 3. The number of para-hydroxylation sites is 2. The fourth-order valence-corrected chi connectivity index (χ4v) is 3.28. The van der Waals surface area contributed by atoms with Crippen molar-refractivity contribution in [3.05, 3.63) is 48.0 Å². The van der Waals surface area contributed by atoms with E-state index < -0.39 is 18.0 Å². The second-order valence-corrected chi connectivity index (χ2v) is 6.49. The number of hydrogen-bond donors (Lipinski definition) is 2. The van der Waals surface area contributed by atoms with Gasteiger partial charge in [-0.25, -0.2) is 0 Å². The third-order valence-corrected chi connectivity index (χ3v) is 4.54. The highest BCUT2D eigenvalue weighted by atomic mass is 32.2. The van der Waals surface area contributed by atoms with Gasteiger partial charge in [0.2, 0.25) is 5.91 Å². The van der Waals surface area contributed by atoms with E-state index >= 15 is 0 Å². The first kappa shape index (κ1) is 18.1. The van der Waals surface area contributed by atoms with Gasteiger partial charge < -0.3 is 15.4 Å². The second-order valence-electron chi connectivity index (χ2n) is 5.36. The van der Waals surface area contributed by atoms with Crippen LogP contribution in [0.3, 0.4) is 0 Å². The van der Waals surface area contributed by atoms with Crippen molar-refractivity contribution in [1.29, 1.82) is 0 Å². The molecule has 26 heavy (non-hydrogen) atoms. The minimum absolute atomic E-state index is 0.108. The number of hydrogen-bond acceptors (Lipinski definition) is 4. The molecule has 0 fully saturated rings. The Balaban J connectivity index is 1.82. The molecule has 0 atom stereocenters. The van der Waals surface area contributed by atoms with E-state index in [1.165, 1.54) is 36.0 Å². The molecule has 0 aromatic heterocycles. The molecule has 3 rings (SSSR count). The van der Waals surface area contributed by atoms with E-state index in [4.69, 9.17) is 0 Å². The Morgan fingerprint density at radius 2 is 1.96 bits per heavy atom. The Morgan fingerprint density at radius 1 is 1.19 bits per heavy atom. The van der Waals surface area contributed by atoms with Crippen molar-refractivity contribution in [3.8, 4) is 5.75 Å². The van der Waals surface area contributed by atoms with E-state index in [0.717, 1.165) is 11.0 Å². The van der Waals surface area contributed by atoms with Crippen LogP contribution in [0.1, 0.15) is 16.8 Å². The summed E-state index contributed by atoms with van der Waals surface area (Å²) in [5, 5.41) is 5.11. The molecule has 0 saturated carbocycles. The summed E-state index contributed by atoms with van der Waals surface area (Å²) in [5.41, 5.74) is 0.599. The normalized spacial score (nSPS) is 14.0. The van der Waals surface area contributed by atoms with Crippen LogP contribution in [0.2, 0.25) is 0 Å². The van der Waals surface area contributed by atoms with Gasteiger partial charge in [-0.15, -0.1) is 24.9 Å². The van der Waals surface area contributed by atoms with Crippen LogP contribution in [0, 0.1) is 0 Å². The quantitative estimate of drug-likeness (QED) is 0.832. The highest BCUT2D eigenvalue weighted by Gasteiger charge is 2.32. The van der Waals surface area contributed by atoms with Gasteiger partial charge in [-0.3, -0.25) is 9.59 Å². The molecule has 136 valence electrons. The second kappa shape index (κ2) is 7.28. The Hall–Kier alpha value is -2.68. The summed E-state index contributed by atoms with van der Waals surface area (Å²) in [6.45, 7) is 0. The van der Waals surface area contributed by atoms with Gasteiger partial charge >= 0.3 is 6.36 Å². The van der Waals surface area contributed by atoms with Crippen molar-refractivity contribution in [3.63, 3.8) is 0 Å². The summed E-state index contributed by atoms with van der Waals surface area (Å²) in [4.78, 5) is 24.9. The lowest BCUT2D eigenvalue weighted by molar-refractivity contribution is -0.274. The molecule has 2 N–H and O–H groups in total. The van der Waals surface area contributed by atoms with E-state index in [2.05, 4.69) is 15.4 Å². The Bertz CT molecular complexity index is 855. The maximum Gasteiger partial charge on any atom is 0.573 e. The van der Waals surface area contributed by atoms with Gasteiger partial charge in [0.25, 0.3) is 5.91 Å². The monoisotopic (exact) mass is 382 g/mol. The number of rotatable bonds is 3. The fourth-order valence-electron chi connectivity index (χ4n) is 2.34. The predicted molar refractivity (Wildman–Crippen MR) is 91.5 cm³/mol. The van der Waals surface area contributed by atoms with Crippen LogP contribution in [0.4, 0.5) is 24.5 Å². The Labute approximate surface area is 150 Å². The van der Waals surface area contributed by atoms with E-state index in [1.807, 2.05) is 0 Å². The smallest absolute Gasteiger partial charge is 0.404 e. The summed E-state index contributed by atoms with van der Waals surface area (Å²) in [6.07, 6.45) is -4.50. The molecule has 0 bridgehead atoms. The molecular weight excluding hydrogens is 369 g/mol. The summed E-state index contributed by atoms with van der Waals surface area (Å²) >= 11 is 1.49. The van der Waals surface area contributed by atoms with Crippen molar-refractivity contribution in [2.24, 2.45) is 0 Å². The topological polar surface area (TPSA) is 67.4 Å². The predicted octanol–water partition coefficient (Wildman–Crippen LogP) is 4.27. The van der Waals surface area contributed by atoms with Crippen LogP contribution >= 0.6 is 11.8 Å². The number of nitrogens with one attached hydrogen (secondary N) is 2. The molecule has 9 heteroatoms. The van der Waals surface area contributed by atoms with E-state index in [9.17, 15) is 22.8 Å². The fraction of sp³-hybridized carbons (Fsp3) is 0.176. The lowest BCUT2D eigenvalue weighted by Crippen LogP contribution is -2.19. The molecule has 1 aliphatic rings. The average Bonchev–Trinajstić information content (AvgIpc) is 2.75. The third kappa shape index (κ3) is 4.48. The molecule has 1 heterocycles. The number of halogens is 3. The number of benzene rings is 2. The minimum atomic E-state index is -4.87. The Kier molecular flexibility index (Phi) is 5.08. The molecular formula is C17H13F3N2O3S. The van der Waals surface area contributed by atoms with E-state index in [1.54, 1.807) is 12.1 Å². The van der Waals surface area contributed by atoms with Crippen molar-refractivity contribution >= 4 is 35.0 Å². The lowest BCUT2D eigenvalue weighted by atomic mass is 10.1. The van der Waals surface area contributed by atoms with Crippen LogP contribution < -0.4 is 15.4 Å². The van der Waals surface area contributed by atoms with Gasteiger partial charge in [-0.2, -0.15) is 0 Å². The van der Waals surface area contributed by atoms with Gasteiger partial charge in [0.05, 0.1) is 11.4 Å². The molecule has 5 nitrogen and oxygen atoms in total. The molecule has 1 aliphatic heterocycles. The van der Waals surface area contributed by atoms with Crippen LogP contribution in [0.15, 0.2) is 47.4 Å². The maximum absolute atomic E-state index is 12.5. The lowest BCUT2D eigenvalue weighted by Gasteiger charge is -2.14. The standard InChI is InChI=1S/C17H13F3N2O3S/c18-17(19,20)25-13-4-2-1-3-11(13)22-16(24)10-5-6-14-12(9-10)21-15(23)7-8-26-14/h1-6,9H,7-8H2,(H,21,23)(H,22,24). The van der Waals surface area contributed by atoms with E-state index in [-0.39, 0.29) is 17.2 Å². The van der Waals surface area contributed by atoms with Crippen molar-refractivity contribution in [2.75, 3.05) is 16.4 Å². The highest BCUT2D eigenvalue weighted by Crippen LogP contribution is 2.33. The number of anilines is 2. The molecule has 2 aromatic carbocycles. The molecule has 2 amide bonds. The molecule has 0 radical (unpaired) electrons. The minimum Gasteiger partial charge on any atom is -0.404 e. The van der Waals surface area contributed by atoms with Gasteiger partial charge in [-0.05, 0) is 30.3 Å². The molecule has 0 saturated heterocycles. The van der Waals surface area contributed by atoms with Gasteiger partial charge in [0.15, 0.2) is 5.75 Å². The van der Waals surface area contributed by atoms with Crippen molar-refractivity contribution in [1.82, 2.24) is 0 Å². The Morgan fingerprint density at radius 3 is 2.73 bits per heavy atom. The van der Waals surface area contributed by atoms with Crippen LogP contribution in [-0.2, 0) is 4.79 Å². The number of ether oxygens (including phenoxy) is 1. The molecule has 0 aliphatic carbocycles. The first-order valence-electron chi connectivity index (χ1n) is 7.55. The summed E-state index contributed by atoms with van der Waals surface area (Å²) in [5.74, 6) is -0.647. The first-order chi connectivity index (χ1) is 12.3. The summed E-state index contributed by atoms with van der Waals surface area (Å²) in [6, 6.07) is 9.99. The summed E-state index contributed by atoms with van der Waals surface area (Å²) in [7, 11) is 0. The van der Waals surface area contributed by atoms with Gasteiger partial charge in [0, 0.05) is 22.6 Å². The first-order valence-corrected chi connectivity index (χ1v) is 8.53. The largest absolute Gasteiger partial charge is 0.573 e. The van der Waals surface area contributed by atoms with Crippen LogP contribution in [-0.4, -0.2) is 23.9 Å².